The van der Waals surface area contributed by atoms with E-state index >= 15 is 0 Å². The number of aromatic nitrogens is 3. The van der Waals surface area contributed by atoms with Gasteiger partial charge in [-0.25, -0.2) is 9.67 Å². The van der Waals surface area contributed by atoms with Crippen LogP contribution in [0, 0.1) is 0 Å². The number of nitrogens with zero attached hydrogens (tertiary/aromatic N) is 3. The summed E-state index contributed by atoms with van der Waals surface area (Å²) in [5.41, 5.74) is 7.77. The van der Waals surface area contributed by atoms with E-state index in [2.05, 4.69) is 39.9 Å². The van der Waals surface area contributed by atoms with Crippen LogP contribution in [0.3, 0.4) is 0 Å². The molecule has 0 spiro atoms. The number of anilines is 1. The van der Waals surface area contributed by atoms with E-state index in [1.54, 1.807) is 0 Å². The molecule has 4 nitrogen and oxygen atoms in total. The maximum absolute atomic E-state index is 5.88. The molecule has 0 saturated carbocycles. The van der Waals surface area contributed by atoms with Crippen LogP contribution in [-0.4, -0.2) is 14.8 Å². The maximum Gasteiger partial charge on any atom is 0.150 e. The molecule has 0 unspecified atom stereocenters. The molecule has 0 amide bonds. The van der Waals surface area contributed by atoms with E-state index in [0.717, 1.165) is 40.2 Å². The Morgan fingerprint density at radius 2 is 2.06 bits per heavy atom. The van der Waals surface area contributed by atoms with Crippen LogP contribution in [0.15, 0.2) is 22.7 Å². The van der Waals surface area contributed by atoms with Gasteiger partial charge in [0.25, 0.3) is 0 Å². The topological polar surface area (TPSA) is 56.7 Å². The molecule has 18 heavy (non-hydrogen) atoms. The van der Waals surface area contributed by atoms with E-state index in [-0.39, 0.29) is 0 Å². The maximum atomic E-state index is 5.88. The summed E-state index contributed by atoms with van der Waals surface area (Å²) in [7, 11) is 0. The lowest BCUT2D eigenvalue weighted by Gasteiger charge is -2.06. The molecule has 0 aliphatic carbocycles. The largest absolute Gasteiger partial charge is 0.398 e. The summed E-state index contributed by atoms with van der Waals surface area (Å²) in [4.78, 5) is 4.49. The molecule has 0 aliphatic rings. The Bertz CT molecular complexity index is 548. The number of nitrogen functional groups attached to an aromatic ring is 1. The summed E-state index contributed by atoms with van der Waals surface area (Å²) in [6.45, 7) is 4.88. The van der Waals surface area contributed by atoms with E-state index in [9.17, 15) is 0 Å². The van der Waals surface area contributed by atoms with Gasteiger partial charge in [-0.2, -0.15) is 5.10 Å². The van der Waals surface area contributed by atoms with Crippen LogP contribution in [0.5, 0.6) is 0 Å². The number of nitrogens with two attached hydrogens (primary N) is 1. The number of hydrogen-bond acceptors (Lipinski definition) is 3. The zero-order chi connectivity index (χ0) is 13.1. The Balaban J connectivity index is 2.27. The summed E-state index contributed by atoms with van der Waals surface area (Å²) in [6.07, 6.45) is 1.75. The molecule has 1 aromatic carbocycles. The first-order valence-corrected chi connectivity index (χ1v) is 6.89. The van der Waals surface area contributed by atoms with Crippen molar-refractivity contribution >= 4 is 21.6 Å². The number of hydrogen-bond donors (Lipinski definition) is 1. The lowest BCUT2D eigenvalue weighted by Crippen LogP contribution is -2.06. The second kappa shape index (κ2) is 5.52. The first kappa shape index (κ1) is 13.1. The van der Waals surface area contributed by atoms with E-state index in [1.165, 1.54) is 0 Å². The molecule has 0 aliphatic heterocycles. The zero-order valence-corrected chi connectivity index (χ0v) is 12.2. The fourth-order valence-electron chi connectivity index (χ4n) is 1.83. The average Bonchev–Trinajstić information content (AvgIpc) is 2.76. The predicted octanol–water partition coefficient (Wildman–Crippen LogP) is 2.80. The molecule has 2 N–H and O–H groups in total. The molecule has 0 saturated heterocycles. The molecule has 2 aromatic rings. The first-order valence-electron chi connectivity index (χ1n) is 6.10. The third kappa shape index (κ3) is 2.72. The van der Waals surface area contributed by atoms with Gasteiger partial charge in [-0.05, 0) is 33.6 Å². The molecule has 5 heteroatoms. The van der Waals surface area contributed by atoms with E-state index in [0.29, 0.717) is 6.54 Å². The Labute approximate surface area is 115 Å². The summed E-state index contributed by atoms with van der Waals surface area (Å²) in [5, 5.41) is 4.50. The highest BCUT2D eigenvalue weighted by molar-refractivity contribution is 9.10. The van der Waals surface area contributed by atoms with Crippen molar-refractivity contribution in [3.63, 3.8) is 0 Å². The highest BCUT2D eigenvalue weighted by Gasteiger charge is 2.08. The lowest BCUT2D eigenvalue weighted by molar-refractivity contribution is 0.637. The summed E-state index contributed by atoms with van der Waals surface area (Å²) in [5.74, 6) is 1.92. The highest BCUT2D eigenvalue weighted by atomic mass is 79.9. The van der Waals surface area contributed by atoms with Gasteiger partial charge in [0.1, 0.15) is 5.82 Å². The molecule has 0 atom stereocenters. The second-order valence-electron chi connectivity index (χ2n) is 4.16. The zero-order valence-electron chi connectivity index (χ0n) is 10.7. The predicted molar refractivity (Wildman–Crippen MR) is 76.4 cm³/mol. The summed E-state index contributed by atoms with van der Waals surface area (Å²) < 4.78 is 2.89. The molecule has 0 bridgehead atoms. The van der Waals surface area contributed by atoms with Crippen LogP contribution in [0.4, 0.5) is 5.69 Å². The van der Waals surface area contributed by atoms with Crippen LogP contribution in [0.2, 0.25) is 0 Å². The molecule has 96 valence electrons. The van der Waals surface area contributed by atoms with Crippen LogP contribution >= 0.6 is 15.9 Å². The molecular weight excluding hydrogens is 292 g/mol. The molecular formula is C13H17BrN4. The molecule has 1 aromatic heterocycles. The Morgan fingerprint density at radius 3 is 2.67 bits per heavy atom. The second-order valence-corrected chi connectivity index (χ2v) is 5.02. The van der Waals surface area contributed by atoms with Gasteiger partial charge in [0.2, 0.25) is 0 Å². The monoisotopic (exact) mass is 308 g/mol. The average molecular weight is 309 g/mol. The van der Waals surface area contributed by atoms with Crippen molar-refractivity contribution in [1.29, 1.82) is 0 Å². The van der Waals surface area contributed by atoms with Crippen LogP contribution < -0.4 is 5.73 Å². The quantitative estimate of drug-likeness (QED) is 0.884. The minimum Gasteiger partial charge on any atom is -0.398 e. The van der Waals surface area contributed by atoms with Crippen molar-refractivity contribution < 1.29 is 0 Å². The van der Waals surface area contributed by atoms with E-state index in [4.69, 9.17) is 5.73 Å². The summed E-state index contributed by atoms with van der Waals surface area (Å²) >= 11 is 3.40. The van der Waals surface area contributed by atoms with Crippen molar-refractivity contribution in [3.8, 4) is 0 Å². The first-order chi connectivity index (χ1) is 8.63. The van der Waals surface area contributed by atoms with E-state index < -0.39 is 0 Å². The minimum absolute atomic E-state index is 0.716. The third-order valence-corrected chi connectivity index (χ3v) is 3.54. The molecule has 1 heterocycles. The fourth-order valence-corrected chi connectivity index (χ4v) is 2.08. The molecule has 0 radical (unpaired) electrons. The van der Waals surface area contributed by atoms with Crippen molar-refractivity contribution in [2.45, 2.75) is 33.2 Å². The van der Waals surface area contributed by atoms with Gasteiger partial charge in [-0.15, -0.1) is 0 Å². The fraction of sp³-hybridized carbons (Fsp3) is 0.385. The molecule has 0 fully saturated rings. The standard InChI is InChI=1S/C13H17BrN4/c1-3-12-16-13(4-2)18(17-12)8-9-5-6-10(14)11(15)7-9/h5-7H,3-4,8,15H2,1-2H3. The Kier molecular flexibility index (Phi) is 4.01. The van der Waals surface area contributed by atoms with Crippen molar-refractivity contribution in [1.82, 2.24) is 14.8 Å². The van der Waals surface area contributed by atoms with Crippen LogP contribution in [0.1, 0.15) is 31.1 Å². The highest BCUT2D eigenvalue weighted by Crippen LogP contribution is 2.20. The van der Waals surface area contributed by atoms with Crippen LogP contribution in [-0.2, 0) is 19.4 Å². The number of aryl methyl sites for hydroxylation is 2. The van der Waals surface area contributed by atoms with Gasteiger partial charge in [0.15, 0.2) is 5.82 Å². The van der Waals surface area contributed by atoms with Crippen molar-refractivity contribution in [2.75, 3.05) is 5.73 Å². The third-order valence-electron chi connectivity index (χ3n) is 2.82. The van der Waals surface area contributed by atoms with Gasteiger partial charge >= 0.3 is 0 Å². The smallest absolute Gasteiger partial charge is 0.150 e. The normalized spacial score (nSPS) is 10.8. The van der Waals surface area contributed by atoms with Gasteiger partial charge in [-0.1, -0.05) is 19.9 Å². The van der Waals surface area contributed by atoms with Gasteiger partial charge in [0, 0.05) is 23.0 Å². The number of rotatable bonds is 4. The van der Waals surface area contributed by atoms with Crippen LogP contribution in [0.25, 0.3) is 0 Å². The minimum atomic E-state index is 0.716. The summed E-state index contributed by atoms with van der Waals surface area (Å²) in [6, 6.07) is 5.98. The van der Waals surface area contributed by atoms with Crippen molar-refractivity contribution in [3.05, 3.63) is 39.9 Å². The number of benzene rings is 1. The Morgan fingerprint density at radius 1 is 1.28 bits per heavy atom. The van der Waals surface area contributed by atoms with Crippen molar-refractivity contribution in [2.24, 2.45) is 0 Å². The van der Waals surface area contributed by atoms with Gasteiger partial charge < -0.3 is 5.73 Å². The molecule has 2 rings (SSSR count). The van der Waals surface area contributed by atoms with Gasteiger partial charge in [0.05, 0.1) is 6.54 Å². The number of halogens is 1. The Hall–Kier alpha value is -1.36. The van der Waals surface area contributed by atoms with Gasteiger partial charge in [-0.3, -0.25) is 0 Å². The lowest BCUT2D eigenvalue weighted by atomic mass is 10.2. The SMILES string of the molecule is CCc1nc(CC)n(Cc2ccc(Br)c(N)c2)n1. The van der Waals surface area contributed by atoms with E-state index in [1.807, 2.05) is 22.9 Å².